The van der Waals surface area contributed by atoms with Crippen molar-refractivity contribution in [3.8, 4) is 0 Å². The van der Waals surface area contributed by atoms with Gasteiger partial charge in [-0.15, -0.1) is 0 Å². The SMILES string of the molecule is COC(=O)Cn1ncc2c3ccccc3n(Cc3ccc(Cl)cc3)c2c1=O. The fraction of sp³-hybridized carbons (Fsp3) is 0.150. The number of halogens is 1. The van der Waals surface area contributed by atoms with Crippen LogP contribution in [0.3, 0.4) is 0 Å². The molecule has 7 heteroatoms. The maximum atomic E-state index is 13.1. The Morgan fingerprint density at radius 1 is 1.11 bits per heavy atom. The van der Waals surface area contributed by atoms with Crippen molar-refractivity contribution in [1.82, 2.24) is 14.3 Å². The second-order valence-electron chi connectivity index (χ2n) is 6.18. The minimum absolute atomic E-state index is 0.228. The van der Waals surface area contributed by atoms with Gasteiger partial charge in [-0.2, -0.15) is 5.10 Å². The van der Waals surface area contributed by atoms with Crippen molar-refractivity contribution < 1.29 is 9.53 Å². The van der Waals surface area contributed by atoms with Crippen LogP contribution in [0.4, 0.5) is 0 Å². The molecule has 0 amide bonds. The molecule has 0 fully saturated rings. The highest BCUT2D eigenvalue weighted by Gasteiger charge is 2.17. The molecule has 0 N–H and O–H groups in total. The van der Waals surface area contributed by atoms with Gasteiger partial charge in [0.05, 0.1) is 13.3 Å². The molecule has 136 valence electrons. The van der Waals surface area contributed by atoms with Gasteiger partial charge in [-0.3, -0.25) is 9.59 Å². The molecule has 0 saturated carbocycles. The molecule has 2 aromatic heterocycles. The quantitative estimate of drug-likeness (QED) is 0.509. The summed E-state index contributed by atoms with van der Waals surface area (Å²) in [5.74, 6) is -0.524. The van der Waals surface area contributed by atoms with Gasteiger partial charge >= 0.3 is 5.97 Å². The standard InChI is InChI=1S/C20H16ClN3O3/c1-27-18(25)12-24-20(26)19-16(10-22-24)15-4-2-3-5-17(15)23(19)11-13-6-8-14(21)9-7-13/h2-10H,11-12H2,1H3. The van der Waals surface area contributed by atoms with Crippen LogP contribution in [0.25, 0.3) is 21.8 Å². The lowest BCUT2D eigenvalue weighted by Gasteiger charge is -2.09. The van der Waals surface area contributed by atoms with E-state index in [0.29, 0.717) is 17.1 Å². The summed E-state index contributed by atoms with van der Waals surface area (Å²) >= 11 is 5.98. The number of methoxy groups -OCH3 is 1. The van der Waals surface area contributed by atoms with E-state index in [1.165, 1.54) is 7.11 Å². The minimum atomic E-state index is -0.524. The Morgan fingerprint density at radius 2 is 1.85 bits per heavy atom. The van der Waals surface area contributed by atoms with E-state index in [0.717, 1.165) is 26.5 Å². The maximum absolute atomic E-state index is 13.1. The van der Waals surface area contributed by atoms with Gasteiger partial charge in [0.1, 0.15) is 12.1 Å². The van der Waals surface area contributed by atoms with Crippen molar-refractivity contribution in [2.75, 3.05) is 7.11 Å². The smallest absolute Gasteiger partial charge is 0.327 e. The molecule has 2 aromatic carbocycles. The zero-order chi connectivity index (χ0) is 19.0. The highest BCUT2D eigenvalue weighted by molar-refractivity contribution is 6.30. The third kappa shape index (κ3) is 3.08. The summed E-state index contributed by atoms with van der Waals surface area (Å²) in [6.07, 6.45) is 1.63. The van der Waals surface area contributed by atoms with Gasteiger partial charge in [0.2, 0.25) is 0 Å². The van der Waals surface area contributed by atoms with E-state index in [2.05, 4.69) is 9.84 Å². The van der Waals surface area contributed by atoms with Crippen LogP contribution in [0.5, 0.6) is 0 Å². The predicted octanol–water partition coefficient (Wildman–Crippen LogP) is 3.23. The van der Waals surface area contributed by atoms with Crippen molar-refractivity contribution in [2.24, 2.45) is 0 Å². The molecule has 0 saturated heterocycles. The fourth-order valence-electron chi connectivity index (χ4n) is 3.23. The van der Waals surface area contributed by atoms with Gasteiger partial charge in [-0.1, -0.05) is 41.9 Å². The molecule has 2 heterocycles. The molecule has 0 aliphatic heterocycles. The Balaban J connectivity index is 1.95. The highest BCUT2D eigenvalue weighted by Crippen LogP contribution is 2.27. The van der Waals surface area contributed by atoms with Crippen molar-refractivity contribution in [3.63, 3.8) is 0 Å². The second-order valence-corrected chi connectivity index (χ2v) is 6.61. The van der Waals surface area contributed by atoms with Crippen LogP contribution in [0, 0.1) is 0 Å². The molecule has 0 aliphatic carbocycles. The molecule has 0 radical (unpaired) electrons. The third-order valence-corrected chi connectivity index (χ3v) is 4.79. The molecule has 6 nitrogen and oxygen atoms in total. The Kier molecular flexibility index (Phi) is 4.41. The van der Waals surface area contributed by atoms with Gasteiger partial charge in [-0.05, 0) is 23.8 Å². The summed E-state index contributed by atoms with van der Waals surface area (Å²) in [5, 5.41) is 6.50. The van der Waals surface area contributed by atoms with Crippen molar-refractivity contribution in [2.45, 2.75) is 13.1 Å². The van der Waals surface area contributed by atoms with E-state index in [1.54, 1.807) is 6.20 Å². The van der Waals surface area contributed by atoms with E-state index >= 15 is 0 Å². The van der Waals surface area contributed by atoms with Crippen molar-refractivity contribution >= 4 is 39.4 Å². The van der Waals surface area contributed by atoms with E-state index in [-0.39, 0.29) is 12.1 Å². The number of nitrogens with zero attached hydrogens (tertiary/aromatic N) is 3. The van der Waals surface area contributed by atoms with E-state index in [9.17, 15) is 9.59 Å². The Hall–Kier alpha value is -3.12. The molecular weight excluding hydrogens is 366 g/mol. The Morgan fingerprint density at radius 3 is 2.59 bits per heavy atom. The van der Waals surface area contributed by atoms with Crippen molar-refractivity contribution in [1.29, 1.82) is 0 Å². The van der Waals surface area contributed by atoms with Crippen LogP contribution in [0.1, 0.15) is 5.56 Å². The Bertz CT molecular complexity index is 1210. The summed E-state index contributed by atoms with van der Waals surface area (Å²) in [5.41, 5.74) is 2.11. The number of fused-ring (bicyclic) bond motifs is 3. The third-order valence-electron chi connectivity index (χ3n) is 4.53. The maximum Gasteiger partial charge on any atom is 0.327 e. The number of aromatic nitrogens is 3. The average Bonchev–Trinajstić information content (AvgIpc) is 3.00. The van der Waals surface area contributed by atoms with Crippen LogP contribution in [0.2, 0.25) is 5.02 Å². The molecule has 4 aromatic rings. The monoisotopic (exact) mass is 381 g/mol. The first kappa shape index (κ1) is 17.3. The average molecular weight is 382 g/mol. The first-order chi connectivity index (χ1) is 13.1. The molecule has 0 spiro atoms. The molecule has 0 bridgehead atoms. The van der Waals surface area contributed by atoms with Crippen LogP contribution < -0.4 is 5.56 Å². The summed E-state index contributed by atoms with van der Waals surface area (Å²) < 4.78 is 7.74. The molecule has 27 heavy (non-hydrogen) atoms. The van der Waals surface area contributed by atoms with E-state index in [1.807, 2.05) is 53.1 Å². The molecular formula is C20H16ClN3O3. The normalized spacial score (nSPS) is 11.2. The predicted molar refractivity (Wildman–Crippen MR) is 104 cm³/mol. The first-order valence-corrected chi connectivity index (χ1v) is 8.74. The van der Waals surface area contributed by atoms with Gasteiger partial charge in [-0.25, -0.2) is 4.68 Å². The van der Waals surface area contributed by atoms with Crippen LogP contribution >= 0.6 is 11.6 Å². The summed E-state index contributed by atoms with van der Waals surface area (Å²) in [4.78, 5) is 24.7. The number of carbonyl (C=O) groups excluding carboxylic acids is 1. The summed E-state index contributed by atoms with van der Waals surface area (Å²) in [6, 6.07) is 15.3. The van der Waals surface area contributed by atoms with Crippen LogP contribution in [0.15, 0.2) is 59.5 Å². The Labute approximate surface area is 159 Å². The lowest BCUT2D eigenvalue weighted by Crippen LogP contribution is -2.28. The highest BCUT2D eigenvalue weighted by atomic mass is 35.5. The van der Waals surface area contributed by atoms with Crippen molar-refractivity contribution in [3.05, 3.63) is 75.7 Å². The number of ether oxygens (including phenoxy) is 1. The number of hydrogen-bond acceptors (Lipinski definition) is 4. The van der Waals surface area contributed by atoms with Gasteiger partial charge in [0, 0.05) is 27.9 Å². The number of hydrogen-bond donors (Lipinski definition) is 0. The summed E-state index contributed by atoms with van der Waals surface area (Å²) in [6.45, 7) is 0.270. The number of benzene rings is 2. The first-order valence-electron chi connectivity index (χ1n) is 8.37. The number of carbonyl (C=O) groups is 1. The van der Waals surface area contributed by atoms with Gasteiger partial charge < -0.3 is 9.30 Å². The zero-order valence-electron chi connectivity index (χ0n) is 14.6. The lowest BCUT2D eigenvalue weighted by atomic mass is 10.2. The number of rotatable bonds is 4. The zero-order valence-corrected chi connectivity index (χ0v) is 15.3. The lowest BCUT2D eigenvalue weighted by molar-refractivity contribution is -0.141. The van der Waals surface area contributed by atoms with Gasteiger partial charge in [0.25, 0.3) is 5.56 Å². The van der Waals surface area contributed by atoms with E-state index < -0.39 is 5.97 Å². The number of para-hydroxylation sites is 1. The minimum Gasteiger partial charge on any atom is -0.468 e. The molecule has 0 unspecified atom stereocenters. The van der Waals surface area contributed by atoms with Gasteiger partial charge in [0.15, 0.2) is 0 Å². The van der Waals surface area contributed by atoms with E-state index in [4.69, 9.17) is 11.6 Å². The molecule has 4 rings (SSSR count). The summed E-state index contributed by atoms with van der Waals surface area (Å²) in [7, 11) is 1.28. The van der Waals surface area contributed by atoms with Crippen LogP contribution in [-0.4, -0.2) is 27.4 Å². The largest absolute Gasteiger partial charge is 0.468 e. The molecule has 0 aliphatic rings. The molecule has 0 atom stereocenters. The second kappa shape index (κ2) is 6.89. The topological polar surface area (TPSA) is 66.1 Å². The van der Waals surface area contributed by atoms with Crippen LogP contribution in [-0.2, 0) is 22.6 Å². The fourth-order valence-corrected chi connectivity index (χ4v) is 3.36. The number of esters is 1.